The van der Waals surface area contributed by atoms with Crippen LogP contribution in [0.3, 0.4) is 0 Å². The van der Waals surface area contributed by atoms with Crippen LogP contribution in [0.1, 0.15) is 60.3 Å². The molecule has 0 aromatic rings. The molecule has 0 aromatic carbocycles. The van der Waals surface area contributed by atoms with E-state index in [2.05, 4.69) is 26.1 Å². The van der Waals surface area contributed by atoms with Gasteiger partial charge in [-0.2, -0.15) is 0 Å². The Labute approximate surface area is 112 Å². The van der Waals surface area contributed by atoms with Crippen molar-refractivity contribution >= 4 is 18.3 Å². The van der Waals surface area contributed by atoms with E-state index in [1.165, 1.54) is 0 Å². The number of rotatable bonds is 6. The van der Waals surface area contributed by atoms with E-state index >= 15 is 0 Å². The van der Waals surface area contributed by atoms with Crippen molar-refractivity contribution in [2.45, 2.75) is 72.4 Å². The lowest BCUT2D eigenvalue weighted by atomic mass is 9.89. The van der Waals surface area contributed by atoms with Crippen LogP contribution in [0.4, 0.5) is 0 Å². The summed E-state index contributed by atoms with van der Waals surface area (Å²) in [5, 5.41) is 2.97. The zero-order valence-electron chi connectivity index (χ0n) is 11.9. The van der Waals surface area contributed by atoms with E-state index in [4.69, 9.17) is 5.73 Å². The molecule has 0 spiro atoms. The standard InChI is InChI=1S/C13H28N2O.ClH/c1-6-7-11(14)12(16)15-10(2)8-9-13(3,4)5;/h10-11H,6-9,14H2,1-5H3,(H,15,16);1H. The average molecular weight is 265 g/mol. The number of carbonyl (C=O) groups is 1. The van der Waals surface area contributed by atoms with E-state index in [0.717, 1.165) is 25.7 Å². The van der Waals surface area contributed by atoms with E-state index in [-0.39, 0.29) is 30.4 Å². The number of hydrogen-bond acceptors (Lipinski definition) is 2. The van der Waals surface area contributed by atoms with Gasteiger partial charge in [0.15, 0.2) is 0 Å². The van der Waals surface area contributed by atoms with Gasteiger partial charge < -0.3 is 11.1 Å². The molecule has 3 N–H and O–H groups in total. The highest BCUT2D eigenvalue weighted by Crippen LogP contribution is 2.21. The zero-order valence-corrected chi connectivity index (χ0v) is 12.7. The lowest BCUT2D eigenvalue weighted by Gasteiger charge is -2.22. The molecule has 3 nitrogen and oxygen atoms in total. The molecule has 0 saturated carbocycles. The van der Waals surface area contributed by atoms with Gasteiger partial charge in [0, 0.05) is 6.04 Å². The molecule has 1 amide bonds. The van der Waals surface area contributed by atoms with Crippen molar-refractivity contribution in [2.24, 2.45) is 11.1 Å². The maximum absolute atomic E-state index is 11.6. The second-order valence-electron chi connectivity index (χ2n) is 5.90. The predicted octanol–water partition coefficient (Wildman–Crippen LogP) is 2.87. The number of amides is 1. The number of carbonyl (C=O) groups excluding carboxylic acids is 1. The van der Waals surface area contributed by atoms with Crippen LogP contribution in [-0.2, 0) is 4.79 Å². The molecule has 0 aliphatic heterocycles. The Bertz CT molecular complexity index is 214. The van der Waals surface area contributed by atoms with Gasteiger partial charge in [0.2, 0.25) is 5.91 Å². The van der Waals surface area contributed by atoms with Crippen LogP contribution in [-0.4, -0.2) is 18.0 Å². The highest BCUT2D eigenvalue weighted by Gasteiger charge is 2.17. The molecule has 17 heavy (non-hydrogen) atoms. The van der Waals surface area contributed by atoms with Crippen LogP contribution < -0.4 is 11.1 Å². The topological polar surface area (TPSA) is 55.1 Å². The average Bonchev–Trinajstić information content (AvgIpc) is 2.14. The summed E-state index contributed by atoms with van der Waals surface area (Å²) >= 11 is 0. The number of nitrogens with two attached hydrogens (primary N) is 1. The SMILES string of the molecule is CCCC(N)C(=O)NC(C)CCC(C)(C)C.Cl. The van der Waals surface area contributed by atoms with E-state index < -0.39 is 0 Å². The van der Waals surface area contributed by atoms with E-state index in [0.29, 0.717) is 5.41 Å². The summed E-state index contributed by atoms with van der Waals surface area (Å²) < 4.78 is 0. The molecule has 0 radical (unpaired) electrons. The number of hydrogen-bond donors (Lipinski definition) is 2. The summed E-state index contributed by atoms with van der Waals surface area (Å²) in [5.74, 6) is -0.0109. The Morgan fingerprint density at radius 2 is 1.82 bits per heavy atom. The minimum atomic E-state index is -0.345. The summed E-state index contributed by atoms with van der Waals surface area (Å²) in [4.78, 5) is 11.6. The molecule has 0 rings (SSSR count). The van der Waals surface area contributed by atoms with Crippen LogP contribution in [0.25, 0.3) is 0 Å². The fourth-order valence-electron chi connectivity index (χ4n) is 1.51. The second kappa shape index (κ2) is 8.76. The first-order valence-electron chi connectivity index (χ1n) is 6.32. The molecule has 0 aliphatic rings. The van der Waals surface area contributed by atoms with Gasteiger partial charge in [0.05, 0.1) is 6.04 Å². The lowest BCUT2D eigenvalue weighted by molar-refractivity contribution is -0.123. The third-order valence-electron chi connectivity index (χ3n) is 2.65. The molecule has 2 atom stereocenters. The second-order valence-corrected chi connectivity index (χ2v) is 5.90. The first kappa shape index (κ1) is 19.1. The molecule has 4 heteroatoms. The maximum Gasteiger partial charge on any atom is 0.237 e. The van der Waals surface area contributed by atoms with Crippen LogP contribution in [0, 0.1) is 5.41 Å². The molecular weight excluding hydrogens is 236 g/mol. The quantitative estimate of drug-likeness (QED) is 0.775. The van der Waals surface area contributed by atoms with E-state index in [9.17, 15) is 4.79 Å². The molecule has 0 heterocycles. The van der Waals surface area contributed by atoms with Gasteiger partial charge in [0.1, 0.15) is 0 Å². The van der Waals surface area contributed by atoms with Gasteiger partial charge in [-0.1, -0.05) is 34.1 Å². The van der Waals surface area contributed by atoms with Crippen LogP contribution in [0.2, 0.25) is 0 Å². The highest BCUT2D eigenvalue weighted by atomic mass is 35.5. The smallest absolute Gasteiger partial charge is 0.237 e. The third kappa shape index (κ3) is 10.6. The summed E-state index contributed by atoms with van der Waals surface area (Å²) in [7, 11) is 0. The van der Waals surface area contributed by atoms with E-state index in [1.54, 1.807) is 0 Å². The van der Waals surface area contributed by atoms with Crippen molar-refractivity contribution in [3.63, 3.8) is 0 Å². The summed E-state index contributed by atoms with van der Waals surface area (Å²) in [6, 6.07) is -0.128. The number of halogens is 1. The Morgan fingerprint density at radius 3 is 2.24 bits per heavy atom. The molecule has 104 valence electrons. The first-order chi connectivity index (χ1) is 7.26. The normalized spacial score (nSPS) is 14.7. The largest absolute Gasteiger partial charge is 0.352 e. The summed E-state index contributed by atoms with van der Waals surface area (Å²) in [6.07, 6.45) is 3.83. The lowest BCUT2D eigenvalue weighted by Crippen LogP contribution is -2.44. The minimum absolute atomic E-state index is 0. The van der Waals surface area contributed by atoms with Gasteiger partial charge in [-0.15, -0.1) is 12.4 Å². The zero-order chi connectivity index (χ0) is 12.8. The molecule has 0 saturated heterocycles. The summed E-state index contributed by atoms with van der Waals surface area (Å²) in [5.41, 5.74) is 6.07. The van der Waals surface area contributed by atoms with Crippen molar-refractivity contribution in [1.29, 1.82) is 0 Å². The van der Waals surface area contributed by atoms with Crippen molar-refractivity contribution in [3.8, 4) is 0 Å². The third-order valence-corrected chi connectivity index (χ3v) is 2.65. The summed E-state index contributed by atoms with van der Waals surface area (Å²) in [6.45, 7) is 10.7. The monoisotopic (exact) mass is 264 g/mol. The fourth-order valence-corrected chi connectivity index (χ4v) is 1.51. The Kier molecular flexibility index (Phi) is 9.82. The van der Waals surface area contributed by atoms with E-state index in [1.807, 2.05) is 13.8 Å². The Hall–Kier alpha value is -0.280. The van der Waals surface area contributed by atoms with Crippen molar-refractivity contribution in [1.82, 2.24) is 5.32 Å². The maximum atomic E-state index is 11.6. The van der Waals surface area contributed by atoms with Gasteiger partial charge in [-0.3, -0.25) is 4.79 Å². The van der Waals surface area contributed by atoms with Crippen LogP contribution in [0.5, 0.6) is 0 Å². The van der Waals surface area contributed by atoms with Crippen molar-refractivity contribution < 1.29 is 4.79 Å². The predicted molar refractivity (Wildman–Crippen MR) is 76.4 cm³/mol. The van der Waals surface area contributed by atoms with Crippen LogP contribution in [0.15, 0.2) is 0 Å². The fraction of sp³-hybridized carbons (Fsp3) is 0.923. The van der Waals surface area contributed by atoms with Crippen LogP contribution >= 0.6 is 12.4 Å². The molecule has 0 bridgehead atoms. The minimum Gasteiger partial charge on any atom is -0.352 e. The first-order valence-corrected chi connectivity index (χ1v) is 6.32. The van der Waals surface area contributed by atoms with Crippen molar-refractivity contribution in [2.75, 3.05) is 0 Å². The molecule has 0 fully saturated rings. The van der Waals surface area contributed by atoms with Gasteiger partial charge >= 0.3 is 0 Å². The highest BCUT2D eigenvalue weighted by molar-refractivity contribution is 5.85. The Morgan fingerprint density at radius 1 is 1.29 bits per heavy atom. The number of nitrogens with one attached hydrogen (secondary N) is 1. The molecule has 2 unspecified atom stereocenters. The van der Waals surface area contributed by atoms with Gasteiger partial charge in [0.25, 0.3) is 0 Å². The van der Waals surface area contributed by atoms with Gasteiger partial charge in [-0.05, 0) is 31.6 Å². The molecular formula is C13H29ClN2O. The van der Waals surface area contributed by atoms with Crippen molar-refractivity contribution in [3.05, 3.63) is 0 Å². The van der Waals surface area contributed by atoms with Gasteiger partial charge in [-0.25, -0.2) is 0 Å². The molecule has 0 aromatic heterocycles. The molecule has 0 aliphatic carbocycles. The Balaban J connectivity index is 0.